The maximum atomic E-state index is 5.60. The summed E-state index contributed by atoms with van der Waals surface area (Å²) in [5.74, 6) is 0.940. The van der Waals surface area contributed by atoms with E-state index >= 15 is 0 Å². The van der Waals surface area contributed by atoms with E-state index in [4.69, 9.17) is 4.99 Å². The lowest BCUT2D eigenvalue weighted by Gasteiger charge is -2.35. The van der Waals surface area contributed by atoms with Gasteiger partial charge in [-0.1, -0.05) is 149 Å². The Kier molecular flexibility index (Phi) is 6.30. The highest BCUT2D eigenvalue weighted by Gasteiger charge is 2.43. The summed E-state index contributed by atoms with van der Waals surface area (Å²) in [6.07, 6.45) is 6.53. The fourth-order valence-electron chi connectivity index (χ4n) is 9.56. The Morgan fingerprint density at radius 3 is 2.10 bits per heavy atom. The van der Waals surface area contributed by atoms with Crippen molar-refractivity contribution in [3.05, 3.63) is 172 Å². The van der Waals surface area contributed by atoms with Crippen molar-refractivity contribution >= 4 is 33.0 Å². The number of hydrogen-bond acceptors (Lipinski definition) is 3. The van der Waals surface area contributed by atoms with Crippen LogP contribution in [0.3, 0.4) is 0 Å². The molecule has 0 aromatic heterocycles. The molecule has 0 saturated heterocycles. The van der Waals surface area contributed by atoms with Gasteiger partial charge in [-0.15, -0.1) is 0 Å². The number of amidine groups is 1. The van der Waals surface area contributed by atoms with Crippen LogP contribution in [0.4, 0.5) is 0 Å². The van der Waals surface area contributed by atoms with Crippen LogP contribution in [0.15, 0.2) is 138 Å². The number of fused-ring (bicyclic) bond motifs is 7. The molecule has 3 nitrogen and oxygen atoms in total. The van der Waals surface area contributed by atoms with Crippen molar-refractivity contribution < 1.29 is 0 Å². The SMILES string of the molecule is CC1(C)C2=C(C=CCC2)c2c1cc1ccccc1c2C1NC(c2c3c(cc4ccccc24)C(C)(C)c2ccccc2-3)=NC(c2ccccc2)N1. The number of benzene rings is 6. The Bertz CT molecular complexity index is 2490. The van der Waals surface area contributed by atoms with Gasteiger partial charge >= 0.3 is 0 Å². The summed E-state index contributed by atoms with van der Waals surface area (Å²) in [4.78, 5) is 5.60. The monoisotopic (exact) mass is 647 g/mol. The molecule has 0 amide bonds. The second kappa shape index (κ2) is 10.6. The van der Waals surface area contributed by atoms with Crippen LogP contribution >= 0.6 is 0 Å². The highest BCUT2D eigenvalue weighted by atomic mass is 15.3. The standard InChI is InChI=1S/C47H41N3/c1-46(2)35-24-14-12-22-33(35)39-37(46)26-29-18-8-10-20-31(29)41(39)44-48-43(28-16-6-5-7-17-28)49-45(50-44)42-32-21-11-9-19-30(32)27-38-40(42)34-23-13-15-25-36(34)47(38,3)4/h5-14,16-24,26-27,43,45,49H,15,25H2,1-4H3,(H,48,50). The van der Waals surface area contributed by atoms with Gasteiger partial charge in [-0.25, -0.2) is 4.99 Å². The van der Waals surface area contributed by atoms with E-state index in [0.29, 0.717) is 0 Å². The van der Waals surface area contributed by atoms with Crippen LogP contribution in [0.2, 0.25) is 0 Å². The predicted molar refractivity (Wildman–Crippen MR) is 209 cm³/mol. The summed E-state index contributed by atoms with van der Waals surface area (Å²) in [7, 11) is 0. The molecule has 0 fully saturated rings. The van der Waals surface area contributed by atoms with Crippen molar-refractivity contribution in [1.82, 2.24) is 10.6 Å². The summed E-state index contributed by atoms with van der Waals surface area (Å²) in [6.45, 7) is 9.58. The first-order chi connectivity index (χ1) is 24.3. The van der Waals surface area contributed by atoms with Crippen LogP contribution in [0, 0.1) is 0 Å². The first-order valence-electron chi connectivity index (χ1n) is 18.1. The molecule has 0 radical (unpaired) electrons. The molecule has 1 aliphatic heterocycles. The van der Waals surface area contributed by atoms with Gasteiger partial charge in [-0.05, 0) is 91.0 Å². The number of nitrogens with zero attached hydrogens (tertiary/aromatic N) is 1. The lowest BCUT2D eigenvalue weighted by molar-refractivity contribution is 0.410. The third-order valence-corrected chi connectivity index (χ3v) is 12.1. The Balaban J connectivity index is 1.26. The van der Waals surface area contributed by atoms with Crippen molar-refractivity contribution in [2.24, 2.45) is 4.99 Å². The Labute approximate surface area is 294 Å². The molecular formula is C47H41N3. The van der Waals surface area contributed by atoms with Crippen LogP contribution in [-0.2, 0) is 10.8 Å². The van der Waals surface area contributed by atoms with Crippen LogP contribution in [0.25, 0.3) is 38.2 Å². The van der Waals surface area contributed by atoms with Gasteiger partial charge in [0, 0.05) is 22.0 Å². The molecule has 0 spiro atoms. The smallest absolute Gasteiger partial charge is 0.133 e. The van der Waals surface area contributed by atoms with E-state index in [9.17, 15) is 0 Å². The number of allylic oxidation sites excluding steroid dienone is 4. The Morgan fingerprint density at radius 2 is 1.30 bits per heavy atom. The van der Waals surface area contributed by atoms with E-state index in [0.717, 1.165) is 24.2 Å². The zero-order valence-electron chi connectivity index (χ0n) is 29.1. The van der Waals surface area contributed by atoms with Crippen molar-refractivity contribution in [2.45, 2.75) is 63.7 Å². The largest absolute Gasteiger partial charge is 0.350 e. The molecule has 50 heavy (non-hydrogen) atoms. The normalized spacial score (nSPS) is 21.0. The Hall–Kier alpha value is -5.25. The van der Waals surface area contributed by atoms with Crippen molar-refractivity contribution in [3.63, 3.8) is 0 Å². The average Bonchev–Trinajstić information content (AvgIpc) is 3.52. The molecule has 2 unspecified atom stereocenters. The molecule has 6 aromatic rings. The highest BCUT2D eigenvalue weighted by molar-refractivity contribution is 6.17. The molecule has 2 atom stereocenters. The fraction of sp³-hybridized carbons (Fsp3) is 0.213. The third-order valence-electron chi connectivity index (χ3n) is 12.1. The molecule has 0 saturated carbocycles. The number of rotatable bonds is 3. The molecule has 244 valence electrons. The molecule has 10 rings (SSSR count). The first-order valence-corrected chi connectivity index (χ1v) is 18.1. The number of aliphatic imine (C=N–C) groups is 1. The third kappa shape index (κ3) is 4.10. The summed E-state index contributed by atoms with van der Waals surface area (Å²) < 4.78 is 0. The fourth-order valence-corrected chi connectivity index (χ4v) is 9.56. The van der Waals surface area contributed by atoms with Crippen LogP contribution in [0.1, 0.15) is 91.8 Å². The molecule has 3 heteroatoms. The summed E-state index contributed by atoms with van der Waals surface area (Å²) in [6, 6.07) is 42.4. The van der Waals surface area contributed by atoms with Gasteiger partial charge in [0.2, 0.25) is 0 Å². The zero-order valence-corrected chi connectivity index (χ0v) is 29.1. The van der Waals surface area contributed by atoms with E-state index in [1.165, 1.54) is 71.6 Å². The summed E-state index contributed by atoms with van der Waals surface area (Å²) in [5, 5.41) is 13.2. The number of hydrogen-bond donors (Lipinski definition) is 2. The number of nitrogens with one attached hydrogen (secondary N) is 2. The minimum atomic E-state index is -0.240. The minimum Gasteiger partial charge on any atom is -0.350 e. The molecule has 4 aliphatic rings. The molecule has 1 heterocycles. The second-order valence-electron chi connectivity index (χ2n) is 15.5. The quantitative estimate of drug-likeness (QED) is 0.201. The minimum absolute atomic E-state index is 0.0373. The molecule has 6 aromatic carbocycles. The van der Waals surface area contributed by atoms with Crippen molar-refractivity contribution in [1.29, 1.82) is 0 Å². The van der Waals surface area contributed by atoms with Gasteiger partial charge in [0.1, 0.15) is 18.2 Å². The van der Waals surface area contributed by atoms with E-state index < -0.39 is 0 Å². The van der Waals surface area contributed by atoms with Crippen LogP contribution in [-0.4, -0.2) is 5.84 Å². The van der Waals surface area contributed by atoms with E-state index in [-0.39, 0.29) is 23.2 Å². The van der Waals surface area contributed by atoms with E-state index in [2.05, 4.69) is 166 Å². The lowest BCUT2D eigenvalue weighted by Crippen LogP contribution is -2.45. The zero-order chi connectivity index (χ0) is 33.8. The van der Waals surface area contributed by atoms with Gasteiger partial charge in [0.15, 0.2) is 0 Å². The second-order valence-corrected chi connectivity index (χ2v) is 15.5. The Morgan fingerprint density at radius 1 is 0.640 bits per heavy atom. The van der Waals surface area contributed by atoms with Gasteiger partial charge in [0.05, 0.1) is 0 Å². The molecule has 2 N–H and O–H groups in total. The predicted octanol–water partition coefficient (Wildman–Crippen LogP) is 11.0. The van der Waals surface area contributed by atoms with Gasteiger partial charge < -0.3 is 5.32 Å². The van der Waals surface area contributed by atoms with Crippen LogP contribution < -0.4 is 10.6 Å². The maximum absolute atomic E-state index is 5.60. The topological polar surface area (TPSA) is 36.4 Å². The average molecular weight is 648 g/mol. The van der Waals surface area contributed by atoms with Crippen molar-refractivity contribution in [2.75, 3.05) is 0 Å². The van der Waals surface area contributed by atoms with E-state index in [1.807, 2.05) is 0 Å². The molecule has 0 bridgehead atoms. The summed E-state index contributed by atoms with van der Waals surface area (Å²) in [5.41, 5.74) is 14.6. The van der Waals surface area contributed by atoms with Gasteiger partial charge in [-0.3, -0.25) is 5.32 Å². The molecular weight excluding hydrogens is 607 g/mol. The molecule has 3 aliphatic carbocycles. The van der Waals surface area contributed by atoms with E-state index in [1.54, 1.807) is 5.57 Å². The first kappa shape index (κ1) is 29.6. The summed E-state index contributed by atoms with van der Waals surface area (Å²) >= 11 is 0. The van der Waals surface area contributed by atoms with Crippen LogP contribution in [0.5, 0.6) is 0 Å². The van der Waals surface area contributed by atoms with Crippen molar-refractivity contribution in [3.8, 4) is 11.1 Å². The lowest BCUT2D eigenvalue weighted by atomic mass is 9.78. The van der Waals surface area contributed by atoms with Gasteiger partial charge in [-0.2, -0.15) is 0 Å². The van der Waals surface area contributed by atoms with Gasteiger partial charge in [0.25, 0.3) is 0 Å². The maximum Gasteiger partial charge on any atom is 0.133 e. The highest BCUT2D eigenvalue weighted by Crippen LogP contribution is 2.55.